The molecule has 0 fully saturated rings. The molecule has 0 amide bonds. The zero-order valence-corrected chi connectivity index (χ0v) is 11.6. The Balaban J connectivity index is 0. The summed E-state index contributed by atoms with van der Waals surface area (Å²) in [5.74, 6) is 0. The van der Waals surface area contributed by atoms with Crippen LogP contribution >= 0.6 is 0 Å². The first-order chi connectivity index (χ1) is 0. The van der Waals surface area contributed by atoms with Crippen molar-refractivity contribution in [1.82, 2.24) is 0 Å². The van der Waals surface area contributed by atoms with Gasteiger partial charge in [-0.05, 0) is 0 Å². The van der Waals surface area contributed by atoms with Crippen molar-refractivity contribution in [3.63, 3.8) is 0 Å². The molecule has 0 aliphatic carbocycles. The average Bonchev–Trinajstić information content (AvgIpc) is 0. The van der Waals surface area contributed by atoms with Crippen molar-refractivity contribution in [3.05, 3.63) is 0 Å². The van der Waals surface area contributed by atoms with E-state index < -0.39 is 0 Å². The van der Waals surface area contributed by atoms with Crippen LogP contribution in [0.4, 0.5) is 0 Å². The van der Waals surface area contributed by atoms with Crippen molar-refractivity contribution in [2.45, 2.75) is 0 Å². The molecule has 2 nitrogen and oxygen atoms in total. The average molecular weight is 681 g/mol. The molecular formula is H2Ag6O2+. The van der Waals surface area contributed by atoms with Gasteiger partial charge in [-0.2, -0.15) is 0 Å². The summed E-state index contributed by atoms with van der Waals surface area (Å²) in [4.78, 5) is 0. The molecule has 0 unspecified atom stereocenters. The molecule has 0 aromatic carbocycles. The first-order valence-electron chi connectivity index (χ1n) is 0. The fourth-order valence-corrected chi connectivity index (χ4v) is 0. The molecule has 0 rings (SSSR count). The van der Waals surface area contributed by atoms with Gasteiger partial charge in [0.1, 0.15) is 0 Å². The van der Waals surface area contributed by atoms with Gasteiger partial charge in [-0.15, -0.1) is 0 Å². The maximum atomic E-state index is 0. The van der Waals surface area contributed by atoms with Crippen molar-refractivity contribution in [2.24, 2.45) is 0 Å². The van der Waals surface area contributed by atoms with E-state index in [0.717, 1.165) is 0 Å². The summed E-state index contributed by atoms with van der Waals surface area (Å²) in [7, 11) is 0. The molecule has 8 heavy (non-hydrogen) atoms. The predicted molar refractivity (Wildman–Crippen MR) is 4.30 cm³/mol. The summed E-state index contributed by atoms with van der Waals surface area (Å²) in [6, 6.07) is 0. The van der Waals surface area contributed by atoms with Crippen LogP contribution in [-0.4, -0.2) is 5.48 Å². The third-order valence-electron chi connectivity index (χ3n) is 0. The predicted octanol–water partition coefficient (Wildman–Crippen LogP) is -0.959. The Labute approximate surface area is 142 Å². The van der Waals surface area contributed by atoms with Gasteiger partial charge in [0.05, 0.1) is 0 Å². The van der Waals surface area contributed by atoms with Crippen LogP contribution in [-0.2, 0) is 140 Å². The van der Waals surface area contributed by atoms with Gasteiger partial charge in [0.2, 0.25) is 0 Å². The molecule has 0 atom stereocenters. The number of hydrogen-bond donors (Lipinski definition) is 0. The summed E-state index contributed by atoms with van der Waals surface area (Å²) in [6.07, 6.45) is 0. The van der Waals surface area contributed by atoms with E-state index in [0.29, 0.717) is 0 Å². The van der Waals surface area contributed by atoms with Crippen LogP contribution in [0.2, 0.25) is 0 Å². The molecule has 79 valence electrons. The standard InChI is InChI=1S/6Ag.H2O.O/h;;;;;;1H2;/q;;;3*+1;;-2. The van der Waals surface area contributed by atoms with Crippen LogP contribution in [0.5, 0.6) is 0 Å². The van der Waals surface area contributed by atoms with Gasteiger partial charge in [0.25, 0.3) is 0 Å². The molecular weight excluding hydrogens is 679 g/mol. The summed E-state index contributed by atoms with van der Waals surface area (Å²) in [5.41, 5.74) is 0. The van der Waals surface area contributed by atoms with Crippen LogP contribution in [0.15, 0.2) is 0 Å². The fraction of sp³-hybridized carbons (Fsp3) is 0. The van der Waals surface area contributed by atoms with E-state index in [9.17, 15) is 0 Å². The van der Waals surface area contributed by atoms with Crippen molar-refractivity contribution in [3.8, 4) is 0 Å². The molecule has 0 aromatic heterocycles. The zero-order valence-electron chi connectivity index (χ0n) is 2.72. The Morgan fingerprint density at radius 1 is 0.500 bits per heavy atom. The van der Waals surface area contributed by atoms with Gasteiger partial charge >= 0.3 is 67.1 Å². The van der Waals surface area contributed by atoms with Crippen LogP contribution in [0.1, 0.15) is 0 Å². The van der Waals surface area contributed by atoms with E-state index in [1.54, 1.807) is 0 Å². The minimum absolute atomic E-state index is 0. The fourth-order valence-electron chi connectivity index (χ4n) is 0. The molecule has 2 N–H and O–H groups in total. The minimum Gasteiger partial charge on any atom is -2.00 e. The van der Waals surface area contributed by atoms with Gasteiger partial charge < -0.3 is 11.0 Å². The van der Waals surface area contributed by atoms with Crippen LogP contribution in [0, 0.1) is 0 Å². The molecule has 0 aliphatic heterocycles. The molecule has 0 spiro atoms. The van der Waals surface area contributed by atoms with E-state index in [2.05, 4.69) is 0 Å². The first kappa shape index (κ1) is 83.9. The van der Waals surface area contributed by atoms with E-state index in [4.69, 9.17) is 0 Å². The van der Waals surface area contributed by atoms with E-state index in [1.807, 2.05) is 0 Å². The maximum Gasteiger partial charge on any atom is 1.00 e. The van der Waals surface area contributed by atoms with Crippen molar-refractivity contribution in [2.75, 3.05) is 0 Å². The van der Waals surface area contributed by atoms with Gasteiger partial charge in [-0.1, -0.05) is 0 Å². The van der Waals surface area contributed by atoms with Crippen LogP contribution < -0.4 is 0 Å². The number of hydrogen-bond acceptors (Lipinski definition) is 0. The van der Waals surface area contributed by atoms with E-state index in [1.165, 1.54) is 0 Å². The summed E-state index contributed by atoms with van der Waals surface area (Å²) >= 11 is 0. The van der Waals surface area contributed by atoms with Crippen molar-refractivity contribution < 1.29 is 145 Å². The largest absolute Gasteiger partial charge is 2.00 e. The zero-order chi connectivity index (χ0) is 0. The van der Waals surface area contributed by atoms with Gasteiger partial charge in [0, 0.05) is 67.1 Å². The van der Waals surface area contributed by atoms with E-state index in [-0.39, 0.29) is 145 Å². The molecule has 8 heteroatoms. The molecule has 0 heterocycles. The first-order valence-corrected chi connectivity index (χ1v) is 0. The molecule has 0 bridgehead atoms. The normalized spacial score (nSPS) is 0. The molecule has 0 saturated heterocycles. The molecule has 3 radical (unpaired) electrons. The third kappa shape index (κ3) is 47.7. The Morgan fingerprint density at radius 2 is 0.500 bits per heavy atom. The van der Waals surface area contributed by atoms with Crippen molar-refractivity contribution >= 4 is 0 Å². The third-order valence-corrected chi connectivity index (χ3v) is 0. The monoisotopic (exact) mass is 675 g/mol. The van der Waals surface area contributed by atoms with Crippen LogP contribution in [0.3, 0.4) is 0 Å². The van der Waals surface area contributed by atoms with Crippen LogP contribution in [0.25, 0.3) is 0 Å². The summed E-state index contributed by atoms with van der Waals surface area (Å²) < 4.78 is 0. The smallest absolute Gasteiger partial charge is 1.00 e. The SMILES string of the molecule is O.[Ag+].[Ag+].[Ag+].[Ag].[Ag].[Ag].[O-2]. The molecule has 0 aromatic rings. The van der Waals surface area contributed by atoms with Gasteiger partial charge in [-0.3, -0.25) is 0 Å². The van der Waals surface area contributed by atoms with Gasteiger partial charge in [0.15, 0.2) is 0 Å². The molecule has 0 saturated carbocycles. The maximum absolute atomic E-state index is 0. The quantitative estimate of drug-likeness (QED) is 0.297. The molecule has 0 aliphatic rings. The second kappa shape index (κ2) is 64.1. The summed E-state index contributed by atoms with van der Waals surface area (Å²) in [6.45, 7) is 0. The number of rotatable bonds is 0. The van der Waals surface area contributed by atoms with Gasteiger partial charge in [-0.25, -0.2) is 0 Å². The second-order valence-electron chi connectivity index (χ2n) is 0. The van der Waals surface area contributed by atoms with E-state index >= 15 is 0 Å². The Morgan fingerprint density at radius 3 is 0.500 bits per heavy atom. The summed E-state index contributed by atoms with van der Waals surface area (Å²) in [5, 5.41) is 0. The Kier molecular flexibility index (Phi) is 672. The Bertz CT molecular complexity index is 6.49. The topological polar surface area (TPSA) is 60.0 Å². The second-order valence-corrected chi connectivity index (χ2v) is 0. The Hall–Kier alpha value is 4.36. The van der Waals surface area contributed by atoms with Crippen molar-refractivity contribution in [1.29, 1.82) is 0 Å². The minimum atomic E-state index is 0.